The summed E-state index contributed by atoms with van der Waals surface area (Å²) >= 11 is 0. The van der Waals surface area contributed by atoms with Crippen molar-refractivity contribution in [3.63, 3.8) is 0 Å². The minimum atomic E-state index is -0.485. The second-order valence-corrected chi connectivity index (χ2v) is 3.92. The molecule has 1 aromatic heterocycles. The van der Waals surface area contributed by atoms with Crippen molar-refractivity contribution in [1.29, 1.82) is 0 Å². The summed E-state index contributed by atoms with van der Waals surface area (Å²) in [6, 6.07) is 3.88. The fourth-order valence-electron chi connectivity index (χ4n) is 1.60. The number of hydrogen-bond acceptors (Lipinski definition) is 5. The predicted molar refractivity (Wildman–Crippen MR) is 69.6 cm³/mol. The largest absolute Gasteiger partial charge is 0.389 e. The van der Waals surface area contributed by atoms with Crippen LogP contribution in [-0.2, 0) is 4.74 Å². The molecule has 5 nitrogen and oxygen atoms in total. The first-order valence-corrected chi connectivity index (χ1v) is 5.75. The van der Waals surface area contributed by atoms with E-state index in [2.05, 4.69) is 10.3 Å². The van der Waals surface area contributed by atoms with Gasteiger partial charge in [-0.2, -0.15) is 0 Å². The molecule has 0 radical (unpaired) electrons. The lowest BCUT2D eigenvalue weighted by Crippen LogP contribution is -2.31. The van der Waals surface area contributed by atoms with E-state index in [4.69, 9.17) is 4.74 Å². The van der Waals surface area contributed by atoms with Crippen LogP contribution in [0.4, 0.5) is 11.5 Å². The molecule has 0 saturated heterocycles. The van der Waals surface area contributed by atoms with Gasteiger partial charge in [-0.15, -0.1) is 0 Å². The Balaban J connectivity index is 2.61. The van der Waals surface area contributed by atoms with E-state index in [0.717, 1.165) is 18.1 Å². The second kappa shape index (κ2) is 7.09. The van der Waals surface area contributed by atoms with E-state index in [9.17, 15) is 5.11 Å². The molecule has 1 rings (SSSR count). The number of aliphatic hydroxyl groups excluding tert-OH is 1. The summed E-state index contributed by atoms with van der Waals surface area (Å²) < 4.78 is 4.90. The van der Waals surface area contributed by atoms with E-state index >= 15 is 0 Å². The average molecular weight is 239 g/mol. The number of nitrogens with zero attached hydrogens (tertiary/aromatic N) is 2. The molecule has 0 amide bonds. The number of ether oxygens (including phenoxy) is 1. The second-order valence-electron chi connectivity index (χ2n) is 3.92. The first kappa shape index (κ1) is 13.7. The Morgan fingerprint density at radius 3 is 3.00 bits per heavy atom. The topological polar surface area (TPSA) is 57.6 Å². The van der Waals surface area contributed by atoms with E-state index in [-0.39, 0.29) is 0 Å². The fraction of sp³-hybridized carbons (Fsp3) is 0.583. The van der Waals surface area contributed by atoms with Gasteiger partial charge < -0.3 is 20.1 Å². The highest BCUT2D eigenvalue weighted by molar-refractivity contribution is 5.53. The van der Waals surface area contributed by atoms with Crippen LogP contribution in [0.1, 0.15) is 6.92 Å². The Hall–Kier alpha value is -1.33. The molecule has 0 aliphatic carbocycles. The summed E-state index contributed by atoms with van der Waals surface area (Å²) in [6.45, 7) is 3.74. The van der Waals surface area contributed by atoms with Crippen molar-refractivity contribution in [2.24, 2.45) is 0 Å². The molecule has 0 aliphatic rings. The molecule has 1 aromatic rings. The van der Waals surface area contributed by atoms with Crippen LogP contribution in [0.3, 0.4) is 0 Å². The van der Waals surface area contributed by atoms with Gasteiger partial charge in [0.25, 0.3) is 0 Å². The zero-order valence-corrected chi connectivity index (χ0v) is 10.7. The monoisotopic (exact) mass is 239 g/mol. The van der Waals surface area contributed by atoms with Crippen molar-refractivity contribution in [2.45, 2.75) is 13.0 Å². The number of nitrogens with one attached hydrogen (secondary N) is 1. The minimum absolute atomic E-state index is 0.343. The SMILES string of the molecule is CCNc1cc(N(C)CC(O)COC)ccn1. The van der Waals surface area contributed by atoms with E-state index in [1.807, 2.05) is 31.0 Å². The van der Waals surface area contributed by atoms with Gasteiger partial charge in [-0.1, -0.05) is 0 Å². The number of aliphatic hydroxyl groups is 1. The third kappa shape index (κ3) is 4.58. The lowest BCUT2D eigenvalue weighted by atomic mass is 10.3. The van der Waals surface area contributed by atoms with Crippen molar-refractivity contribution in [3.05, 3.63) is 18.3 Å². The smallest absolute Gasteiger partial charge is 0.127 e. The molecular weight excluding hydrogens is 218 g/mol. The number of anilines is 2. The molecule has 17 heavy (non-hydrogen) atoms. The van der Waals surface area contributed by atoms with Gasteiger partial charge in [-0.05, 0) is 13.0 Å². The van der Waals surface area contributed by atoms with Gasteiger partial charge in [0, 0.05) is 45.2 Å². The number of hydrogen-bond donors (Lipinski definition) is 2. The van der Waals surface area contributed by atoms with Crippen molar-refractivity contribution in [3.8, 4) is 0 Å². The maximum atomic E-state index is 9.66. The van der Waals surface area contributed by atoms with Gasteiger partial charge in [0.2, 0.25) is 0 Å². The summed E-state index contributed by atoms with van der Waals surface area (Å²) in [5.74, 6) is 0.845. The zero-order valence-electron chi connectivity index (χ0n) is 10.7. The molecule has 0 fully saturated rings. The van der Waals surface area contributed by atoms with Crippen molar-refractivity contribution in [2.75, 3.05) is 44.1 Å². The molecular formula is C12H21N3O2. The van der Waals surface area contributed by atoms with Crippen LogP contribution in [0.2, 0.25) is 0 Å². The van der Waals surface area contributed by atoms with Gasteiger partial charge >= 0.3 is 0 Å². The fourth-order valence-corrected chi connectivity index (χ4v) is 1.60. The predicted octanol–water partition coefficient (Wildman–Crippen LogP) is 0.957. The van der Waals surface area contributed by atoms with Gasteiger partial charge in [-0.25, -0.2) is 4.98 Å². The van der Waals surface area contributed by atoms with Crippen molar-refractivity contribution >= 4 is 11.5 Å². The average Bonchev–Trinajstić information content (AvgIpc) is 2.30. The minimum Gasteiger partial charge on any atom is -0.389 e. The number of likely N-dealkylation sites (N-methyl/N-ethyl adjacent to an activating group) is 1. The van der Waals surface area contributed by atoms with Gasteiger partial charge in [-0.3, -0.25) is 0 Å². The lowest BCUT2D eigenvalue weighted by Gasteiger charge is -2.22. The first-order chi connectivity index (χ1) is 8.17. The lowest BCUT2D eigenvalue weighted by molar-refractivity contribution is 0.0695. The molecule has 1 atom stereocenters. The van der Waals surface area contributed by atoms with Crippen LogP contribution < -0.4 is 10.2 Å². The quantitative estimate of drug-likeness (QED) is 0.742. The third-order valence-electron chi connectivity index (χ3n) is 2.39. The number of rotatable bonds is 7. The Morgan fingerprint density at radius 1 is 1.59 bits per heavy atom. The Labute approximate surface area is 102 Å². The molecule has 0 aliphatic heterocycles. The molecule has 96 valence electrons. The van der Waals surface area contributed by atoms with Crippen LogP contribution in [0, 0.1) is 0 Å². The van der Waals surface area contributed by atoms with Crippen LogP contribution in [0.5, 0.6) is 0 Å². The highest BCUT2D eigenvalue weighted by atomic mass is 16.5. The Kier molecular flexibility index (Phi) is 5.72. The maximum absolute atomic E-state index is 9.66. The molecule has 5 heteroatoms. The first-order valence-electron chi connectivity index (χ1n) is 5.75. The molecule has 0 saturated carbocycles. The Bertz CT molecular complexity index is 333. The highest BCUT2D eigenvalue weighted by Crippen LogP contribution is 2.15. The van der Waals surface area contributed by atoms with Gasteiger partial charge in [0.15, 0.2) is 0 Å². The van der Waals surface area contributed by atoms with Gasteiger partial charge in [0.1, 0.15) is 5.82 Å². The van der Waals surface area contributed by atoms with E-state index in [1.165, 1.54) is 0 Å². The van der Waals surface area contributed by atoms with Crippen LogP contribution in [-0.4, -0.2) is 50.0 Å². The summed E-state index contributed by atoms with van der Waals surface area (Å²) in [6.07, 6.45) is 1.27. The van der Waals surface area contributed by atoms with Gasteiger partial charge in [0.05, 0.1) is 12.7 Å². The van der Waals surface area contributed by atoms with Crippen molar-refractivity contribution < 1.29 is 9.84 Å². The number of aromatic nitrogens is 1. The normalized spacial score (nSPS) is 12.2. The molecule has 2 N–H and O–H groups in total. The van der Waals surface area contributed by atoms with E-state index in [0.29, 0.717) is 13.2 Å². The van der Waals surface area contributed by atoms with Crippen molar-refractivity contribution in [1.82, 2.24) is 4.98 Å². The standard InChI is InChI=1S/C12H21N3O2/c1-4-13-12-7-10(5-6-14-12)15(2)8-11(16)9-17-3/h5-7,11,16H,4,8-9H2,1-3H3,(H,13,14). The molecule has 0 aromatic carbocycles. The number of methoxy groups -OCH3 is 1. The molecule has 1 unspecified atom stereocenters. The van der Waals surface area contributed by atoms with Crippen LogP contribution in [0.15, 0.2) is 18.3 Å². The zero-order chi connectivity index (χ0) is 12.7. The molecule has 0 spiro atoms. The maximum Gasteiger partial charge on any atom is 0.127 e. The number of pyridine rings is 1. The highest BCUT2D eigenvalue weighted by Gasteiger charge is 2.09. The summed E-state index contributed by atoms with van der Waals surface area (Å²) in [5.41, 5.74) is 1.02. The summed E-state index contributed by atoms with van der Waals surface area (Å²) in [4.78, 5) is 6.18. The third-order valence-corrected chi connectivity index (χ3v) is 2.39. The summed E-state index contributed by atoms with van der Waals surface area (Å²) in [7, 11) is 3.52. The van der Waals surface area contributed by atoms with Crippen LogP contribution in [0.25, 0.3) is 0 Å². The molecule has 1 heterocycles. The van der Waals surface area contributed by atoms with E-state index < -0.39 is 6.10 Å². The Morgan fingerprint density at radius 2 is 2.35 bits per heavy atom. The van der Waals surface area contributed by atoms with Crippen LogP contribution >= 0.6 is 0 Å². The van der Waals surface area contributed by atoms with E-state index in [1.54, 1.807) is 13.3 Å². The summed E-state index contributed by atoms with van der Waals surface area (Å²) in [5, 5.41) is 12.8. The molecule has 0 bridgehead atoms.